The average molecular weight is 432 g/mol. The molecule has 0 bridgehead atoms. The summed E-state index contributed by atoms with van der Waals surface area (Å²) < 4.78 is 0. The third-order valence-electron chi connectivity index (χ3n) is 6.88. The van der Waals surface area contributed by atoms with Crippen LogP contribution in [0, 0.1) is 0 Å². The molecule has 0 saturated carbocycles. The molecule has 4 nitrogen and oxygen atoms in total. The van der Waals surface area contributed by atoms with Crippen molar-refractivity contribution < 1.29 is 5.11 Å². The van der Waals surface area contributed by atoms with Gasteiger partial charge < -0.3 is 14.9 Å². The van der Waals surface area contributed by atoms with Gasteiger partial charge in [0, 0.05) is 37.1 Å². The van der Waals surface area contributed by atoms with Crippen LogP contribution in [0.15, 0.2) is 54.6 Å². The van der Waals surface area contributed by atoms with Gasteiger partial charge in [0.25, 0.3) is 0 Å². The summed E-state index contributed by atoms with van der Waals surface area (Å²) >= 11 is 0. The van der Waals surface area contributed by atoms with E-state index in [1.807, 2.05) is 0 Å². The van der Waals surface area contributed by atoms with Crippen LogP contribution in [0.25, 0.3) is 22.0 Å². The number of rotatable bonds is 8. The quantitative estimate of drug-likeness (QED) is 0.487. The zero-order valence-electron chi connectivity index (χ0n) is 19.8. The first-order valence-electron chi connectivity index (χ1n) is 12.3. The summed E-state index contributed by atoms with van der Waals surface area (Å²) in [5.74, 6) is 1.09. The molecule has 4 rings (SSSR count). The Morgan fingerprint density at radius 1 is 0.875 bits per heavy atom. The second kappa shape index (κ2) is 10.0. The van der Waals surface area contributed by atoms with E-state index >= 15 is 0 Å². The molecule has 1 aliphatic rings. The fourth-order valence-corrected chi connectivity index (χ4v) is 5.04. The highest BCUT2D eigenvalue weighted by Gasteiger charge is 2.27. The van der Waals surface area contributed by atoms with Crippen LogP contribution in [-0.4, -0.2) is 47.7 Å². The number of piperazine rings is 1. The van der Waals surface area contributed by atoms with E-state index in [0.29, 0.717) is 0 Å². The molecule has 170 valence electrons. The van der Waals surface area contributed by atoms with E-state index in [4.69, 9.17) is 4.98 Å². The Morgan fingerprint density at radius 3 is 2.16 bits per heavy atom. The van der Waals surface area contributed by atoms with Crippen molar-refractivity contribution in [1.82, 2.24) is 9.88 Å². The molecule has 1 fully saturated rings. The van der Waals surface area contributed by atoms with Crippen molar-refractivity contribution in [3.63, 3.8) is 0 Å². The second-order valence-electron chi connectivity index (χ2n) is 9.08. The summed E-state index contributed by atoms with van der Waals surface area (Å²) in [6.07, 6.45) is 3.53. The van der Waals surface area contributed by atoms with Crippen molar-refractivity contribution in [3.05, 3.63) is 60.2 Å². The summed E-state index contributed by atoms with van der Waals surface area (Å²) in [6.45, 7) is 11.8. The molecule has 0 amide bonds. The van der Waals surface area contributed by atoms with Crippen molar-refractivity contribution in [3.8, 4) is 11.3 Å². The van der Waals surface area contributed by atoms with Gasteiger partial charge in [0.05, 0.1) is 11.3 Å². The molecular formula is C28H37N3O. The number of fused-ring (bicyclic) bond motifs is 1. The van der Waals surface area contributed by atoms with Crippen molar-refractivity contribution in [2.45, 2.75) is 52.1 Å². The number of likely N-dealkylation sites (N-methyl/N-ethyl adjacent to an activating group) is 1. The van der Waals surface area contributed by atoms with Gasteiger partial charge in [-0.2, -0.15) is 0 Å². The van der Waals surface area contributed by atoms with E-state index < -0.39 is 5.60 Å². The van der Waals surface area contributed by atoms with Crippen LogP contribution in [0.1, 0.15) is 52.0 Å². The number of hydrogen-bond acceptors (Lipinski definition) is 4. The molecule has 0 unspecified atom stereocenters. The maximum atomic E-state index is 11.2. The number of nitrogens with zero attached hydrogens (tertiary/aromatic N) is 3. The molecule has 1 aliphatic heterocycles. The van der Waals surface area contributed by atoms with Crippen molar-refractivity contribution in [2.75, 3.05) is 37.6 Å². The number of aromatic nitrogens is 1. The fraction of sp³-hybridized carbons (Fsp3) is 0.464. The zero-order chi connectivity index (χ0) is 22.6. The molecule has 2 aromatic carbocycles. The van der Waals surface area contributed by atoms with Crippen LogP contribution in [0.2, 0.25) is 0 Å². The molecule has 3 aromatic rings. The lowest BCUT2D eigenvalue weighted by atomic mass is 9.85. The van der Waals surface area contributed by atoms with Gasteiger partial charge in [-0.1, -0.05) is 82.1 Å². The lowest BCUT2D eigenvalue weighted by molar-refractivity contribution is 0.0170. The normalized spacial score (nSPS) is 15.4. The van der Waals surface area contributed by atoms with Crippen LogP contribution in [0.5, 0.6) is 0 Å². The largest absolute Gasteiger partial charge is 0.385 e. The van der Waals surface area contributed by atoms with Gasteiger partial charge in [-0.3, -0.25) is 0 Å². The number of pyridine rings is 1. The van der Waals surface area contributed by atoms with Crippen molar-refractivity contribution in [1.29, 1.82) is 0 Å². The maximum Gasteiger partial charge on any atom is 0.137 e. The third kappa shape index (κ3) is 4.67. The first-order valence-corrected chi connectivity index (χ1v) is 12.3. The fourth-order valence-electron chi connectivity index (χ4n) is 5.04. The van der Waals surface area contributed by atoms with Gasteiger partial charge in [0.2, 0.25) is 0 Å². The Hall–Kier alpha value is -2.43. The summed E-state index contributed by atoms with van der Waals surface area (Å²) in [5, 5.41) is 13.7. The van der Waals surface area contributed by atoms with Crippen LogP contribution in [0.3, 0.4) is 0 Å². The monoisotopic (exact) mass is 431 g/mol. The van der Waals surface area contributed by atoms with E-state index in [9.17, 15) is 5.11 Å². The molecule has 0 radical (unpaired) electrons. The summed E-state index contributed by atoms with van der Waals surface area (Å²) in [5.41, 5.74) is 2.38. The summed E-state index contributed by atoms with van der Waals surface area (Å²) in [6, 6.07) is 19.2. The molecule has 0 atom stereocenters. The van der Waals surface area contributed by atoms with Gasteiger partial charge in [0.15, 0.2) is 0 Å². The molecule has 0 aliphatic carbocycles. The van der Waals surface area contributed by atoms with Crippen LogP contribution >= 0.6 is 0 Å². The highest BCUT2D eigenvalue weighted by molar-refractivity contribution is 5.95. The lowest BCUT2D eigenvalue weighted by Gasteiger charge is -2.35. The topological polar surface area (TPSA) is 39.6 Å². The molecular weight excluding hydrogens is 394 g/mol. The van der Waals surface area contributed by atoms with E-state index in [1.54, 1.807) is 0 Å². The SMILES string of the molecule is CCCC(O)(CCC)c1ccc(-c2cc3ccccc3c(N3CCN(CC)CC3)n2)cc1. The number of anilines is 1. The minimum Gasteiger partial charge on any atom is -0.385 e. The van der Waals surface area contributed by atoms with Gasteiger partial charge in [-0.05, 0) is 36.4 Å². The van der Waals surface area contributed by atoms with Crippen LogP contribution in [0.4, 0.5) is 5.82 Å². The molecule has 4 heteroatoms. The lowest BCUT2D eigenvalue weighted by Crippen LogP contribution is -2.46. The Balaban J connectivity index is 1.69. The first-order chi connectivity index (χ1) is 15.6. The number of aliphatic hydroxyl groups is 1. The van der Waals surface area contributed by atoms with Gasteiger partial charge in [0.1, 0.15) is 5.82 Å². The smallest absolute Gasteiger partial charge is 0.137 e. The zero-order valence-corrected chi connectivity index (χ0v) is 19.8. The molecule has 1 aromatic heterocycles. The third-order valence-corrected chi connectivity index (χ3v) is 6.88. The van der Waals surface area contributed by atoms with Gasteiger partial charge in [-0.25, -0.2) is 4.98 Å². The Bertz CT molecular complexity index is 1020. The number of benzene rings is 2. The van der Waals surface area contributed by atoms with Crippen LogP contribution < -0.4 is 4.90 Å². The highest BCUT2D eigenvalue weighted by Crippen LogP contribution is 2.34. The van der Waals surface area contributed by atoms with Gasteiger partial charge >= 0.3 is 0 Å². The van der Waals surface area contributed by atoms with Gasteiger partial charge in [-0.15, -0.1) is 0 Å². The predicted octanol–water partition coefficient (Wildman–Crippen LogP) is 5.83. The Kier molecular flexibility index (Phi) is 7.12. The summed E-state index contributed by atoms with van der Waals surface area (Å²) in [7, 11) is 0. The minimum absolute atomic E-state index is 0.733. The average Bonchev–Trinajstić information content (AvgIpc) is 2.84. The predicted molar refractivity (Wildman–Crippen MR) is 135 cm³/mol. The standard InChI is InChI=1S/C28H37N3O/c1-4-15-28(32,16-5-2)24-13-11-22(12-14-24)26-21-23-9-7-8-10-25(23)27(29-26)31-19-17-30(6-3)18-20-31/h7-14,21,32H,4-6,15-20H2,1-3H3. The Labute approximate surface area is 192 Å². The minimum atomic E-state index is -0.733. The summed E-state index contributed by atoms with van der Waals surface area (Å²) in [4.78, 5) is 10.1. The van der Waals surface area contributed by atoms with Crippen molar-refractivity contribution >= 4 is 16.6 Å². The molecule has 0 spiro atoms. The molecule has 1 saturated heterocycles. The van der Waals surface area contributed by atoms with E-state index in [-0.39, 0.29) is 0 Å². The van der Waals surface area contributed by atoms with Crippen molar-refractivity contribution in [2.24, 2.45) is 0 Å². The van der Waals surface area contributed by atoms with E-state index in [0.717, 1.165) is 81.0 Å². The molecule has 32 heavy (non-hydrogen) atoms. The van der Waals surface area contributed by atoms with Crippen LogP contribution in [-0.2, 0) is 5.60 Å². The molecule has 2 heterocycles. The second-order valence-corrected chi connectivity index (χ2v) is 9.08. The van der Waals surface area contributed by atoms with E-state index in [1.165, 1.54) is 10.8 Å². The maximum absolute atomic E-state index is 11.2. The Morgan fingerprint density at radius 2 is 1.53 bits per heavy atom. The highest BCUT2D eigenvalue weighted by atomic mass is 16.3. The molecule has 1 N–H and O–H groups in total. The first kappa shape index (κ1) is 22.8. The van der Waals surface area contributed by atoms with E-state index in [2.05, 4.69) is 85.2 Å². The number of hydrogen-bond donors (Lipinski definition) is 1.